The number of ketones is 1. The van der Waals surface area contributed by atoms with Gasteiger partial charge in [-0.2, -0.15) is 0 Å². The zero-order chi connectivity index (χ0) is 23.6. The molecule has 1 heterocycles. The van der Waals surface area contributed by atoms with Crippen LogP contribution in [0.5, 0.6) is 0 Å². The molecule has 170 valence electrons. The molecule has 0 aliphatic carbocycles. The van der Waals surface area contributed by atoms with E-state index in [9.17, 15) is 24.0 Å². The molecule has 0 aromatic heterocycles. The minimum atomic E-state index is -1.30. The number of hydrogen-bond acceptors (Lipinski definition) is 10. The second-order valence-electron chi connectivity index (χ2n) is 6.52. The molecule has 1 saturated heterocycles. The Kier molecular flexibility index (Phi) is 10.2. The maximum absolute atomic E-state index is 12.2. The third-order valence-corrected chi connectivity index (χ3v) is 4.08. The molecule has 1 amide bonds. The molecule has 1 aliphatic rings. The van der Waals surface area contributed by atoms with Crippen molar-refractivity contribution < 1.29 is 42.9 Å². The van der Waals surface area contributed by atoms with E-state index in [1.807, 2.05) is 0 Å². The lowest BCUT2D eigenvalue weighted by Crippen LogP contribution is -2.66. The maximum atomic E-state index is 12.2. The van der Waals surface area contributed by atoms with E-state index in [1.54, 1.807) is 0 Å². The molecular formula is C18H24N4O9. The van der Waals surface area contributed by atoms with Gasteiger partial charge in [-0.15, -0.1) is 0 Å². The van der Waals surface area contributed by atoms with Crippen LogP contribution in [0.15, 0.2) is 17.8 Å². The smallest absolute Gasteiger partial charge is 0.303 e. The van der Waals surface area contributed by atoms with Crippen molar-refractivity contribution in [1.82, 2.24) is 5.32 Å². The average Bonchev–Trinajstić information content (AvgIpc) is 2.68. The number of nitrogens with one attached hydrogen (secondary N) is 1. The molecule has 31 heavy (non-hydrogen) atoms. The summed E-state index contributed by atoms with van der Waals surface area (Å²) in [4.78, 5) is 61.3. The van der Waals surface area contributed by atoms with Gasteiger partial charge in [0, 0.05) is 32.1 Å². The molecule has 0 saturated carbocycles. The number of esters is 3. The summed E-state index contributed by atoms with van der Waals surface area (Å²) in [6.45, 7) is 5.80. The van der Waals surface area contributed by atoms with E-state index in [-0.39, 0.29) is 13.0 Å². The molecule has 13 nitrogen and oxygen atoms in total. The molecule has 1 rings (SSSR count). The van der Waals surface area contributed by atoms with Gasteiger partial charge < -0.3 is 24.3 Å². The summed E-state index contributed by atoms with van der Waals surface area (Å²) < 4.78 is 21.3. The van der Waals surface area contributed by atoms with E-state index >= 15 is 0 Å². The molecule has 5 atom stereocenters. The van der Waals surface area contributed by atoms with Gasteiger partial charge in [0.05, 0.1) is 12.1 Å². The Balaban J connectivity index is 3.37. The summed E-state index contributed by atoms with van der Waals surface area (Å²) >= 11 is 0. The molecule has 1 N–H and O–H groups in total. The number of azide groups is 1. The largest absolute Gasteiger partial charge is 0.463 e. The van der Waals surface area contributed by atoms with Crippen LogP contribution in [0.1, 0.15) is 27.2 Å². The molecule has 1 fully saturated rings. The Morgan fingerprint density at radius 1 is 1.06 bits per heavy atom. The van der Waals surface area contributed by atoms with Crippen LogP contribution >= 0.6 is 0 Å². The van der Waals surface area contributed by atoms with Gasteiger partial charge in [0.2, 0.25) is 5.91 Å². The number of rotatable bonds is 10. The normalized spacial score (nSPS) is 24.7. The molecule has 0 aromatic carbocycles. The highest BCUT2D eigenvalue weighted by atomic mass is 16.6. The highest BCUT2D eigenvalue weighted by Crippen LogP contribution is 2.29. The van der Waals surface area contributed by atoms with Crippen molar-refractivity contribution in [3.05, 3.63) is 23.1 Å². The van der Waals surface area contributed by atoms with Crippen LogP contribution in [-0.4, -0.2) is 73.2 Å². The van der Waals surface area contributed by atoms with Gasteiger partial charge in [-0.05, 0) is 11.6 Å². The minimum absolute atomic E-state index is 0.281. The van der Waals surface area contributed by atoms with Gasteiger partial charge in [-0.3, -0.25) is 24.0 Å². The van der Waals surface area contributed by atoms with Crippen molar-refractivity contribution in [3.8, 4) is 0 Å². The van der Waals surface area contributed by atoms with Crippen molar-refractivity contribution >= 4 is 29.6 Å². The van der Waals surface area contributed by atoms with Gasteiger partial charge >= 0.3 is 17.9 Å². The highest BCUT2D eigenvalue weighted by molar-refractivity contribution is 5.89. The third kappa shape index (κ3) is 8.44. The fraction of sp³-hybridized carbons (Fsp3) is 0.611. The molecular weight excluding hydrogens is 416 g/mol. The second kappa shape index (κ2) is 12.3. The fourth-order valence-electron chi connectivity index (χ4n) is 2.97. The Morgan fingerprint density at radius 2 is 1.68 bits per heavy atom. The third-order valence-electron chi connectivity index (χ3n) is 4.08. The molecule has 1 aliphatic heterocycles. The zero-order valence-corrected chi connectivity index (χ0v) is 17.3. The van der Waals surface area contributed by atoms with Gasteiger partial charge in [-0.25, -0.2) is 0 Å². The van der Waals surface area contributed by atoms with Crippen LogP contribution < -0.4 is 5.32 Å². The van der Waals surface area contributed by atoms with Crippen LogP contribution in [0.25, 0.3) is 10.4 Å². The highest BCUT2D eigenvalue weighted by Gasteiger charge is 2.51. The summed E-state index contributed by atoms with van der Waals surface area (Å²) in [5.74, 6) is -3.35. The Hall–Kier alpha value is -3.44. The van der Waals surface area contributed by atoms with Crippen molar-refractivity contribution in [1.29, 1.82) is 0 Å². The Labute approximate surface area is 177 Å². The first-order valence-corrected chi connectivity index (χ1v) is 9.17. The van der Waals surface area contributed by atoms with Crippen molar-refractivity contribution in [2.24, 2.45) is 5.11 Å². The SMILES string of the molecule is C=CC(=O)C[C@@H]1OC(COC(C)=O)[C@@H](OC(C)=O)[C@H](OC(C)=O)C1NC(=O)CN=[N+]=[N-]. The van der Waals surface area contributed by atoms with Gasteiger partial charge in [0.25, 0.3) is 0 Å². The molecule has 13 heteroatoms. The number of ether oxygens (including phenoxy) is 4. The molecule has 0 spiro atoms. The van der Waals surface area contributed by atoms with Crippen LogP contribution in [0.4, 0.5) is 0 Å². The average molecular weight is 440 g/mol. The number of carbonyl (C=O) groups excluding carboxylic acids is 5. The summed E-state index contributed by atoms with van der Waals surface area (Å²) in [6.07, 6.45) is -3.99. The van der Waals surface area contributed by atoms with Crippen LogP contribution in [-0.2, 0) is 42.9 Å². The Morgan fingerprint density at radius 3 is 2.19 bits per heavy atom. The maximum Gasteiger partial charge on any atom is 0.303 e. The first-order chi connectivity index (χ1) is 14.6. The van der Waals surface area contributed by atoms with E-state index in [0.717, 1.165) is 26.8 Å². The van der Waals surface area contributed by atoms with Crippen molar-refractivity contribution in [2.75, 3.05) is 13.2 Å². The van der Waals surface area contributed by atoms with Crippen LogP contribution in [0.2, 0.25) is 0 Å². The predicted octanol–water partition coefficient (Wildman–Crippen LogP) is 0.121. The quantitative estimate of drug-likeness (QED) is 0.123. The van der Waals surface area contributed by atoms with E-state index in [0.29, 0.717) is 0 Å². The lowest BCUT2D eigenvalue weighted by atomic mass is 9.89. The topological polar surface area (TPSA) is 183 Å². The van der Waals surface area contributed by atoms with Crippen molar-refractivity contribution in [2.45, 2.75) is 57.6 Å². The lowest BCUT2D eigenvalue weighted by molar-refractivity contribution is -0.224. The van der Waals surface area contributed by atoms with Crippen LogP contribution in [0, 0.1) is 0 Å². The lowest BCUT2D eigenvalue weighted by Gasteiger charge is -2.45. The van der Waals surface area contributed by atoms with Gasteiger partial charge in [-0.1, -0.05) is 11.7 Å². The Bertz CT molecular complexity index is 778. The van der Waals surface area contributed by atoms with E-state index in [1.165, 1.54) is 0 Å². The summed E-state index contributed by atoms with van der Waals surface area (Å²) in [6, 6.07) is -1.16. The number of amides is 1. The first kappa shape index (κ1) is 25.6. The first-order valence-electron chi connectivity index (χ1n) is 9.17. The monoisotopic (exact) mass is 440 g/mol. The second-order valence-corrected chi connectivity index (χ2v) is 6.52. The van der Waals surface area contributed by atoms with Gasteiger partial charge in [0.1, 0.15) is 19.3 Å². The molecule has 2 unspecified atom stereocenters. The predicted molar refractivity (Wildman–Crippen MR) is 102 cm³/mol. The number of nitrogens with zero attached hydrogens (tertiary/aromatic N) is 3. The fourth-order valence-corrected chi connectivity index (χ4v) is 2.97. The number of allylic oxidation sites excluding steroid dienone is 1. The van der Waals surface area contributed by atoms with E-state index < -0.39 is 66.6 Å². The number of carbonyl (C=O) groups is 5. The standard InChI is InChI=1S/C18H24N4O9/c1-5-12(26)6-13-16(21-15(27)7-20-22-19)18(30-11(4)25)17(29-10(3)24)14(31-13)8-28-9(2)23/h5,13-14,16-18H,1,6-8H2,2-4H3,(H,21,27)/t13-,14?,16?,17+,18+/m0/s1. The van der Waals surface area contributed by atoms with E-state index in [2.05, 4.69) is 21.9 Å². The zero-order valence-electron chi connectivity index (χ0n) is 17.3. The summed E-state index contributed by atoms with van der Waals surface area (Å²) in [7, 11) is 0. The summed E-state index contributed by atoms with van der Waals surface area (Å²) in [5, 5.41) is 5.64. The van der Waals surface area contributed by atoms with Crippen LogP contribution in [0.3, 0.4) is 0 Å². The van der Waals surface area contributed by atoms with Gasteiger partial charge in [0.15, 0.2) is 18.0 Å². The molecule has 0 aromatic rings. The molecule has 0 bridgehead atoms. The minimum Gasteiger partial charge on any atom is -0.463 e. The number of hydrogen-bond donors (Lipinski definition) is 1. The molecule has 0 radical (unpaired) electrons. The van der Waals surface area contributed by atoms with Crippen molar-refractivity contribution in [3.63, 3.8) is 0 Å². The summed E-state index contributed by atoms with van der Waals surface area (Å²) in [5.41, 5.74) is 8.40. The van der Waals surface area contributed by atoms with E-state index in [4.69, 9.17) is 24.5 Å².